The number of nitrogens with zero attached hydrogens (tertiary/aromatic N) is 4. The molecule has 8 nitrogen and oxygen atoms in total. The van der Waals surface area contributed by atoms with Crippen LogP contribution in [0.1, 0.15) is 12.7 Å². The molecule has 3 aromatic rings. The molecule has 1 aromatic heterocycles. The number of halogens is 1. The predicted molar refractivity (Wildman–Crippen MR) is 130 cm³/mol. The van der Waals surface area contributed by atoms with Gasteiger partial charge in [-0.2, -0.15) is 0 Å². The molecule has 0 aliphatic carbocycles. The Morgan fingerprint density at radius 3 is 2.65 bits per heavy atom. The molecule has 0 radical (unpaired) electrons. The van der Waals surface area contributed by atoms with Gasteiger partial charge >= 0.3 is 0 Å². The lowest BCUT2D eigenvalue weighted by Crippen LogP contribution is -2.44. The molecular weight excluding hydrogens is 437 g/mol. The number of rotatable bonds is 6. The molecule has 0 spiro atoms. The van der Waals surface area contributed by atoms with Crippen LogP contribution in [0.3, 0.4) is 0 Å². The van der Waals surface area contributed by atoms with Crippen LogP contribution in [0.15, 0.2) is 41.2 Å². The molecule has 0 saturated carbocycles. The number of fused-ring (bicyclic) bond motifs is 1. The zero-order valence-corrected chi connectivity index (χ0v) is 19.4. The van der Waals surface area contributed by atoms with Crippen LogP contribution in [-0.2, 0) is 11.3 Å². The molecule has 34 heavy (non-hydrogen) atoms. The lowest BCUT2D eigenvalue weighted by atomic mass is 10.2. The highest BCUT2D eigenvalue weighted by Gasteiger charge is 2.21. The summed E-state index contributed by atoms with van der Waals surface area (Å²) in [5, 5.41) is 3.60. The molecule has 1 N–H and O–H groups in total. The minimum Gasteiger partial charge on any atom is -0.492 e. The van der Waals surface area contributed by atoms with E-state index in [9.17, 15) is 9.18 Å². The van der Waals surface area contributed by atoms with Gasteiger partial charge < -0.3 is 19.7 Å². The molecule has 0 atom stereocenters. The largest absolute Gasteiger partial charge is 0.492 e. The third-order valence-electron chi connectivity index (χ3n) is 6.33. The van der Waals surface area contributed by atoms with Gasteiger partial charge in [0.25, 0.3) is 5.56 Å². The topological polar surface area (TPSA) is 71.9 Å². The molecule has 180 valence electrons. The van der Waals surface area contributed by atoms with Crippen LogP contribution in [-0.4, -0.2) is 73.5 Å². The van der Waals surface area contributed by atoms with E-state index in [2.05, 4.69) is 15.1 Å². The number of hydrogen-bond donors (Lipinski definition) is 1. The molecule has 3 heterocycles. The number of benzene rings is 2. The van der Waals surface area contributed by atoms with Gasteiger partial charge in [-0.3, -0.25) is 14.3 Å². The minimum atomic E-state index is -0.458. The first-order valence-corrected chi connectivity index (χ1v) is 11.9. The molecular formula is C25H30FN5O3. The fraction of sp³-hybridized carbons (Fsp3) is 0.440. The standard InChI is InChI=1S/C25H30FN5O3/c1-2-34-23-16-19(30-11-13-33-14-12-30)4-6-22(23)31-24(17-29-9-7-27-8-10-29)28-21-5-3-18(26)15-20(21)25(31)32/h3-6,15-16,27H,2,7-14,17H2,1H3. The number of hydrogen-bond acceptors (Lipinski definition) is 7. The van der Waals surface area contributed by atoms with E-state index in [0.717, 1.165) is 45.0 Å². The maximum Gasteiger partial charge on any atom is 0.266 e. The quantitative estimate of drug-likeness (QED) is 0.596. The third-order valence-corrected chi connectivity index (χ3v) is 6.33. The van der Waals surface area contributed by atoms with E-state index < -0.39 is 5.82 Å². The zero-order valence-electron chi connectivity index (χ0n) is 19.4. The Balaban J connectivity index is 1.65. The molecule has 0 amide bonds. The second kappa shape index (κ2) is 10.1. The van der Waals surface area contributed by atoms with Crippen LogP contribution in [0, 0.1) is 5.82 Å². The maximum atomic E-state index is 14.1. The van der Waals surface area contributed by atoms with Crippen molar-refractivity contribution in [3.63, 3.8) is 0 Å². The fourth-order valence-corrected chi connectivity index (χ4v) is 4.60. The van der Waals surface area contributed by atoms with Crippen LogP contribution in [0.4, 0.5) is 10.1 Å². The monoisotopic (exact) mass is 467 g/mol. The van der Waals surface area contributed by atoms with Gasteiger partial charge in [0.2, 0.25) is 0 Å². The second-order valence-electron chi connectivity index (χ2n) is 8.54. The fourth-order valence-electron chi connectivity index (χ4n) is 4.60. The summed E-state index contributed by atoms with van der Waals surface area (Å²) in [5.41, 5.74) is 1.84. The Morgan fingerprint density at radius 2 is 1.88 bits per heavy atom. The van der Waals surface area contributed by atoms with Gasteiger partial charge in [-0.05, 0) is 37.3 Å². The van der Waals surface area contributed by atoms with Crippen molar-refractivity contribution >= 4 is 16.6 Å². The van der Waals surface area contributed by atoms with Crippen molar-refractivity contribution in [3.8, 4) is 11.4 Å². The summed E-state index contributed by atoms with van der Waals surface area (Å²) in [4.78, 5) is 23.1. The van der Waals surface area contributed by atoms with Gasteiger partial charge in [-0.15, -0.1) is 0 Å². The van der Waals surface area contributed by atoms with E-state index in [1.54, 1.807) is 10.6 Å². The number of morpholine rings is 1. The normalized spacial score (nSPS) is 17.3. The van der Waals surface area contributed by atoms with Crippen LogP contribution in [0.25, 0.3) is 16.6 Å². The highest BCUT2D eigenvalue weighted by atomic mass is 19.1. The van der Waals surface area contributed by atoms with Crippen molar-refractivity contribution in [2.75, 3.05) is 64.0 Å². The van der Waals surface area contributed by atoms with Gasteiger partial charge in [0.05, 0.1) is 43.0 Å². The van der Waals surface area contributed by atoms with Gasteiger partial charge in [0.15, 0.2) is 0 Å². The van der Waals surface area contributed by atoms with Crippen LogP contribution in [0.2, 0.25) is 0 Å². The zero-order chi connectivity index (χ0) is 23.5. The summed E-state index contributed by atoms with van der Waals surface area (Å²) in [6, 6.07) is 10.1. The Hall–Kier alpha value is -3.01. The van der Waals surface area contributed by atoms with Crippen LogP contribution < -0.4 is 20.5 Å². The average Bonchev–Trinajstić information content (AvgIpc) is 2.87. The Bertz CT molecular complexity index is 1220. The third kappa shape index (κ3) is 4.64. The first kappa shape index (κ1) is 22.8. The van der Waals surface area contributed by atoms with E-state index in [1.165, 1.54) is 12.1 Å². The molecule has 2 aliphatic heterocycles. The van der Waals surface area contributed by atoms with Gasteiger partial charge in [0, 0.05) is 51.0 Å². The summed E-state index contributed by atoms with van der Waals surface area (Å²) in [6.07, 6.45) is 0. The minimum absolute atomic E-state index is 0.253. The molecule has 0 bridgehead atoms. The van der Waals surface area contributed by atoms with Crippen molar-refractivity contribution in [1.29, 1.82) is 0 Å². The smallest absolute Gasteiger partial charge is 0.266 e. The summed E-state index contributed by atoms with van der Waals surface area (Å²) in [6.45, 7) is 9.37. The summed E-state index contributed by atoms with van der Waals surface area (Å²) in [7, 11) is 0. The van der Waals surface area contributed by atoms with Gasteiger partial charge in [-0.1, -0.05) is 0 Å². The highest BCUT2D eigenvalue weighted by Crippen LogP contribution is 2.30. The van der Waals surface area contributed by atoms with Crippen molar-refractivity contribution in [2.24, 2.45) is 0 Å². The Kier molecular flexibility index (Phi) is 6.75. The number of nitrogens with one attached hydrogen (secondary N) is 1. The van der Waals surface area contributed by atoms with E-state index in [-0.39, 0.29) is 10.9 Å². The van der Waals surface area contributed by atoms with E-state index in [1.807, 2.05) is 25.1 Å². The van der Waals surface area contributed by atoms with E-state index in [4.69, 9.17) is 14.5 Å². The molecule has 2 saturated heterocycles. The summed E-state index contributed by atoms with van der Waals surface area (Å²) in [5.74, 6) is 0.763. The summed E-state index contributed by atoms with van der Waals surface area (Å²) < 4.78 is 27.1. The second-order valence-corrected chi connectivity index (χ2v) is 8.54. The average molecular weight is 468 g/mol. The SMILES string of the molecule is CCOc1cc(N2CCOCC2)ccc1-n1c(CN2CCNCC2)nc2ccc(F)cc2c1=O. The van der Waals surface area contributed by atoms with E-state index in [0.29, 0.717) is 49.1 Å². The van der Waals surface area contributed by atoms with Gasteiger partial charge in [0.1, 0.15) is 17.4 Å². The highest BCUT2D eigenvalue weighted by molar-refractivity contribution is 5.78. The Labute approximate surface area is 197 Å². The van der Waals surface area contributed by atoms with Crippen LogP contribution in [0.5, 0.6) is 5.75 Å². The lowest BCUT2D eigenvalue weighted by Gasteiger charge is -2.30. The number of anilines is 1. The van der Waals surface area contributed by atoms with Crippen molar-refractivity contribution in [2.45, 2.75) is 13.5 Å². The molecule has 2 aliphatic rings. The molecule has 9 heteroatoms. The number of ether oxygens (including phenoxy) is 2. The van der Waals surface area contributed by atoms with Crippen molar-refractivity contribution < 1.29 is 13.9 Å². The van der Waals surface area contributed by atoms with Gasteiger partial charge in [-0.25, -0.2) is 9.37 Å². The number of aromatic nitrogens is 2. The van der Waals surface area contributed by atoms with Crippen molar-refractivity contribution in [1.82, 2.24) is 19.8 Å². The van der Waals surface area contributed by atoms with Crippen molar-refractivity contribution in [3.05, 3.63) is 58.4 Å². The molecule has 5 rings (SSSR count). The first-order valence-electron chi connectivity index (χ1n) is 11.9. The predicted octanol–water partition coefficient (Wildman–Crippen LogP) is 2.17. The van der Waals surface area contributed by atoms with E-state index >= 15 is 0 Å². The number of piperazine rings is 1. The first-order chi connectivity index (χ1) is 16.6. The Morgan fingerprint density at radius 1 is 1.09 bits per heavy atom. The van der Waals surface area contributed by atoms with Crippen LogP contribution >= 0.6 is 0 Å². The lowest BCUT2D eigenvalue weighted by molar-refractivity contribution is 0.122. The molecule has 2 fully saturated rings. The maximum absolute atomic E-state index is 14.1. The molecule has 2 aromatic carbocycles. The molecule has 0 unspecified atom stereocenters. The summed E-state index contributed by atoms with van der Waals surface area (Å²) >= 11 is 0.